The molecule has 1 heterocycles. The Hall–Kier alpha value is -0.640. The number of hydrogen-bond donors (Lipinski definition) is 1. The van der Waals surface area contributed by atoms with Gasteiger partial charge in [0.25, 0.3) is 0 Å². The zero-order chi connectivity index (χ0) is 8.97. The van der Waals surface area contributed by atoms with Crippen molar-refractivity contribution in [1.29, 1.82) is 0 Å². The molecule has 0 aromatic rings. The highest BCUT2D eigenvalue weighted by atomic mass is 19.1. The predicted molar refractivity (Wildman–Crippen MR) is 42.5 cm³/mol. The molecule has 0 aromatic heterocycles. The largest absolute Gasteiger partial charge is 0.466 e. The molecule has 0 bridgehead atoms. The van der Waals surface area contributed by atoms with Crippen molar-refractivity contribution in [1.82, 2.24) is 5.32 Å². The van der Waals surface area contributed by atoms with E-state index in [4.69, 9.17) is 4.74 Å². The lowest BCUT2D eigenvalue weighted by molar-refractivity contribution is -0.149. The van der Waals surface area contributed by atoms with Crippen molar-refractivity contribution in [2.45, 2.75) is 19.5 Å². The summed E-state index contributed by atoms with van der Waals surface area (Å²) in [6.45, 7) is 3.02. The molecule has 3 nitrogen and oxygen atoms in total. The van der Waals surface area contributed by atoms with Gasteiger partial charge in [-0.25, -0.2) is 4.39 Å². The molecule has 1 aliphatic rings. The Morgan fingerprint density at radius 1 is 1.67 bits per heavy atom. The highest BCUT2D eigenvalue weighted by molar-refractivity contribution is 5.72. The summed E-state index contributed by atoms with van der Waals surface area (Å²) in [5, 5.41) is 2.85. The number of piperidine rings is 1. The van der Waals surface area contributed by atoms with E-state index in [0.29, 0.717) is 26.1 Å². The highest BCUT2D eigenvalue weighted by Crippen LogP contribution is 2.14. The van der Waals surface area contributed by atoms with Gasteiger partial charge < -0.3 is 10.1 Å². The van der Waals surface area contributed by atoms with Gasteiger partial charge in [-0.2, -0.15) is 0 Å². The van der Waals surface area contributed by atoms with E-state index in [0.717, 1.165) is 0 Å². The predicted octanol–water partition coefficient (Wildman–Crippen LogP) is 0.497. The summed E-state index contributed by atoms with van der Waals surface area (Å²) in [6.07, 6.45) is -0.612. The van der Waals surface area contributed by atoms with Crippen LogP contribution in [-0.4, -0.2) is 31.8 Å². The van der Waals surface area contributed by atoms with E-state index in [9.17, 15) is 9.18 Å². The molecule has 0 radical (unpaired) electrons. The van der Waals surface area contributed by atoms with Crippen LogP contribution in [0.3, 0.4) is 0 Å². The monoisotopic (exact) mass is 175 g/mol. The first-order valence-electron chi connectivity index (χ1n) is 4.25. The van der Waals surface area contributed by atoms with Crippen LogP contribution in [0.2, 0.25) is 0 Å². The molecule has 12 heavy (non-hydrogen) atoms. The van der Waals surface area contributed by atoms with Crippen molar-refractivity contribution in [3.8, 4) is 0 Å². The highest BCUT2D eigenvalue weighted by Gasteiger charge is 2.27. The van der Waals surface area contributed by atoms with Gasteiger partial charge in [-0.05, 0) is 13.3 Å². The molecule has 1 N–H and O–H groups in total. The van der Waals surface area contributed by atoms with Crippen molar-refractivity contribution in [3.63, 3.8) is 0 Å². The van der Waals surface area contributed by atoms with Gasteiger partial charge in [-0.15, -0.1) is 0 Å². The van der Waals surface area contributed by atoms with E-state index in [1.54, 1.807) is 6.92 Å². The summed E-state index contributed by atoms with van der Waals surface area (Å²) in [5.74, 6) is -0.582. The van der Waals surface area contributed by atoms with Gasteiger partial charge in [0.15, 0.2) is 0 Å². The molecule has 2 atom stereocenters. The molecule has 1 rings (SSSR count). The quantitative estimate of drug-likeness (QED) is 0.621. The van der Waals surface area contributed by atoms with Crippen molar-refractivity contribution < 1.29 is 13.9 Å². The number of hydrogen-bond acceptors (Lipinski definition) is 3. The van der Waals surface area contributed by atoms with E-state index in [2.05, 4.69) is 5.32 Å². The van der Waals surface area contributed by atoms with Crippen molar-refractivity contribution in [3.05, 3.63) is 0 Å². The lowest BCUT2D eigenvalue weighted by atomic mass is 9.99. The minimum Gasteiger partial charge on any atom is -0.466 e. The number of rotatable bonds is 2. The van der Waals surface area contributed by atoms with Gasteiger partial charge in [0, 0.05) is 13.1 Å². The third-order valence-electron chi connectivity index (χ3n) is 1.92. The van der Waals surface area contributed by atoms with Gasteiger partial charge in [-0.1, -0.05) is 0 Å². The van der Waals surface area contributed by atoms with E-state index < -0.39 is 6.17 Å². The van der Waals surface area contributed by atoms with Gasteiger partial charge >= 0.3 is 5.97 Å². The maximum atomic E-state index is 12.8. The van der Waals surface area contributed by atoms with Crippen LogP contribution in [0.15, 0.2) is 0 Å². The Morgan fingerprint density at radius 3 is 3.00 bits per heavy atom. The second-order valence-corrected chi connectivity index (χ2v) is 2.94. The Kier molecular flexibility index (Phi) is 3.47. The average molecular weight is 175 g/mol. The average Bonchev–Trinajstić information content (AvgIpc) is 2.05. The van der Waals surface area contributed by atoms with Crippen LogP contribution in [0.1, 0.15) is 13.3 Å². The molecule has 1 aliphatic heterocycles. The number of nitrogens with one attached hydrogen (secondary N) is 1. The SMILES string of the molecule is CCOC(=O)[C@H]1CNC[C@H](F)C1. The van der Waals surface area contributed by atoms with Gasteiger partial charge in [0.1, 0.15) is 6.17 Å². The minimum atomic E-state index is -0.909. The zero-order valence-corrected chi connectivity index (χ0v) is 7.18. The molecule has 0 saturated carbocycles. The molecule has 0 spiro atoms. The van der Waals surface area contributed by atoms with Gasteiger partial charge in [0.2, 0.25) is 0 Å². The third kappa shape index (κ3) is 2.44. The maximum absolute atomic E-state index is 12.8. The van der Waals surface area contributed by atoms with Crippen LogP contribution in [0.4, 0.5) is 4.39 Å². The van der Waals surface area contributed by atoms with Crippen LogP contribution < -0.4 is 5.32 Å². The second kappa shape index (κ2) is 4.40. The van der Waals surface area contributed by atoms with Crippen molar-refractivity contribution in [2.24, 2.45) is 5.92 Å². The van der Waals surface area contributed by atoms with Gasteiger partial charge in [0.05, 0.1) is 12.5 Å². The minimum absolute atomic E-state index is 0.285. The van der Waals surface area contributed by atoms with E-state index in [-0.39, 0.29) is 11.9 Å². The summed E-state index contributed by atoms with van der Waals surface area (Å²) in [4.78, 5) is 11.1. The van der Waals surface area contributed by atoms with Crippen LogP contribution in [0.5, 0.6) is 0 Å². The topological polar surface area (TPSA) is 38.3 Å². The Morgan fingerprint density at radius 2 is 2.42 bits per heavy atom. The molecular weight excluding hydrogens is 161 g/mol. The number of alkyl halides is 1. The first-order valence-corrected chi connectivity index (χ1v) is 4.25. The summed E-state index contributed by atoms with van der Waals surface area (Å²) in [6, 6.07) is 0. The van der Waals surface area contributed by atoms with E-state index >= 15 is 0 Å². The van der Waals surface area contributed by atoms with Crippen molar-refractivity contribution in [2.75, 3.05) is 19.7 Å². The molecule has 1 fully saturated rings. The first-order chi connectivity index (χ1) is 5.74. The number of ether oxygens (including phenoxy) is 1. The van der Waals surface area contributed by atoms with Crippen molar-refractivity contribution >= 4 is 5.97 Å². The summed E-state index contributed by atoms with van der Waals surface area (Å²) in [7, 11) is 0. The fourth-order valence-electron chi connectivity index (χ4n) is 1.33. The summed E-state index contributed by atoms with van der Waals surface area (Å²) < 4.78 is 17.5. The second-order valence-electron chi connectivity index (χ2n) is 2.94. The standard InChI is InChI=1S/C8H14FNO2/c1-2-12-8(11)6-3-7(9)5-10-4-6/h6-7,10H,2-5H2,1H3/t6-,7-/m1/s1. The van der Waals surface area contributed by atoms with Crippen LogP contribution >= 0.6 is 0 Å². The Labute approximate surface area is 71.3 Å². The molecule has 70 valence electrons. The normalized spacial score (nSPS) is 29.8. The molecule has 1 saturated heterocycles. The smallest absolute Gasteiger partial charge is 0.310 e. The maximum Gasteiger partial charge on any atom is 0.310 e. The fraction of sp³-hybridized carbons (Fsp3) is 0.875. The number of carbonyl (C=O) groups is 1. The Balaban J connectivity index is 2.35. The van der Waals surface area contributed by atoms with E-state index in [1.807, 2.05) is 0 Å². The zero-order valence-electron chi connectivity index (χ0n) is 7.18. The first kappa shape index (κ1) is 9.45. The van der Waals surface area contributed by atoms with E-state index in [1.165, 1.54) is 0 Å². The number of carbonyl (C=O) groups excluding carboxylic acids is 1. The Bertz CT molecular complexity index is 163. The van der Waals surface area contributed by atoms with Crippen LogP contribution in [-0.2, 0) is 9.53 Å². The number of esters is 1. The van der Waals surface area contributed by atoms with Crippen LogP contribution in [0, 0.1) is 5.92 Å². The molecule has 0 unspecified atom stereocenters. The third-order valence-corrected chi connectivity index (χ3v) is 1.92. The molecule has 0 aromatic carbocycles. The fourth-order valence-corrected chi connectivity index (χ4v) is 1.33. The number of halogens is 1. The summed E-state index contributed by atoms with van der Waals surface area (Å²) in [5.41, 5.74) is 0. The molecular formula is C8H14FNO2. The summed E-state index contributed by atoms with van der Waals surface area (Å²) >= 11 is 0. The lowest BCUT2D eigenvalue weighted by Crippen LogP contribution is -2.41. The van der Waals surface area contributed by atoms with Gasteiger partial charge in [-0.3, -0.25) is 4.79 Å². The molecule has 4 heteroatoms. The van der Waals surface area contributed by atoms with Crippen LogP contribution in [0.25, 0.3) is 0 Å². The molecule has 0 aliphatic carbocycles. The molecule has 0 amide bonds. The lowest BCUT2D eigenvalue weighted by Gasteiger charge is -2.23.